The van der Waals surface area contributed by atoms with Crippen molar-refractivity contribution in [2.24, 2.45) is 11.5 Å². The van der Waals surface area contributed by atoms with E-state index >= 15 is 0 Å². The number of hydrogen-bond acceptors (Lipinski definition) is 6. The van der Waals surface area contributed by atoms with Gasteiger partial charge in [-0.25, -0.2) is 5.01 Å². The number of para-hydroxylation sites is 1. The van der Waals surface area contributed by atoms with E-state index in [0.717, 1.165) is 24.0 Å². The van der Waals surface area contributed by atoms with Crippen molar-refractivity contribution in [3.05, 3.63) is 102 Å². The van der Waals surface area contributed by atoms with Gasteiger partial charge in [-0.1, -0.05) is 98.6 Å². The van der Waals surface area contributed by atoms with Crippen LogP contribution in [0.3, 0.4) is 0 Å². The predicted octanol–water partition coefficient (Wildman–Crippen LogP) is 3.60. The van der Waals surface area contributed by atoms with Gasteiger partial charge in [0.05, 0.1) is 18.6 Å². The van der Waals surface area contributed by atoms with Crippen molar-refractivity contribution in [1.82, 2.24) is 10.4 Å². The number of hydrogen-bond donors (Lipinski definition) is 3. The van der Waals surface area contributed by atoms with E-state index in [1.54, 1.807) is 17.1 Å². The Hall–Kier alpha value is -3.52. The summed E-state index contributed by atoms with van der Waals surface area (Å²) in [7, 11) is 0. The molecule has 1 unspecified atom stereocenters. The van der Waals surface area contributed by atoms with Gasteiger partial charge in [0.15, 0.2) is 11.9 Å². The highest BCUT2D eigenvalue weighted by Gasteiger charge is 2.30. The van der Waals surface area contributed by atoms with Crippen LogP contribution in [0, 0.1) is 0 Å². The van der Waals surface area contributed by atoms with E-state index in [0.29, 0.717) is 12.2 Å². The molecule has 0 spiro atoms. The number of hydrazine groups is 1. The van der Waals surface area contributed by atoms with Gasteiger partial charge in [-0.2, -0.15) is 0 Å². The molecule has 3 aromatic rings. The van der Waals surface area contributed by atoms with Gasteiger partial charge in [0.2, 0.25) is 0 Å². The lowest BCUT2D eigenvalue weighted by molar-refractivity contribution is -0.135. The Bertz CT molecular complexity index is 1020. The van der Waals surface area contributed by atoms with Gasteiger partial charge in [0, 0.05) is 6.54 Å². The number of nitrogens with one attached hydrogen (secondary N) is 1. The average molecular weight is 489 g/mol. The van der Waals surface area contributed by atoms with Gasteiger partial charge >= 0.3 is 0 Å². The van der Waals surface area contributed by atoms with Crippen molar-refractivity contribution in [2.45, 2.75) is 44.4 Å². The van der Waals surface area contributed by atoms with E-state index in [4.69, 9.17) is 16.2 Å². The zero-order valence-electron chi connectivity index (χ0n) is 20.8. The normalized spacial score (nSPS) is 12.8. The number of carbonyl (C=O) groups excluding carboxylic acids is 2. The number of nitrogens with two attached hydrogens (primary N) is 2. The maximum Gasteiger partial charge on any atom is 0.276 e. The van der Waals surface area contributed by atoms with E-state index in [-0.39, 0.29) is 18.9 Å². The fourth-order valence-electron chi connectivity index (χ4n) is 3.97. The van der Waals surface area contributed by atoms with E-state index in [1.165, 1.54) is 0 Å². The SMILES string of the molecule is CCCC[C@H](N)C(=O)CN(NC(=O)C(CN)Oc1ccccc1)C(c1ccccc1)c1ccccc1. The van der Waals surface area contributed by atoms with Crippen molar-refractivity contribution < 1.29 is 14.3 Å². The predicted molar refractivity (Wildman–Crippen MR) is 142 cm³/mol. The summed E-state index contributed by atoms with van der Waals surface area (Å²) >= 11 is 0. The summed E-state index contributed by atoms with van der Waals surface area (Å²) in [6.45, 7) is 1.97. The lowest BCUT2D eigenvalue weighted by Crippen LogP contribution is -2.54. The quantitative estimate of drug-likeness (QED) is 0.299. The van der Waals surface area contributed by atoms with Gasteiger partial charge < -0.3 is 16.2 Å². The number of ether oxygens (including phenoxy) is 1. The summed E-state index contributed by atoms with van der Waals surface area (Å²) in [6, 6.07) is 27.5. The minimum absolute atomic E-state index is 0.0279. The highest BCUT2D eigenvalue weighted by Crippen LogP contribution is 2.27. The van der Waals surface area contributed by atoms with Crippen LogP contribution < -0.4 is 21.6 Å². The van der Waals surface area contributed by atoms with Crippen molar-refractivity contribution >= 4 is 11.7 Å². The molecule has 0 aliphatic rings. The lowest BCUT2D eigenvalue weighted by Gasteiger charge is -2.34. The Labute approximate surface area is 213 Å². The van der Waals surface area contributed by atoms with Crippen LogP contribution in [0.15, 0.2) is 91.0 Å². The second kappa shape index (κ2) is 14.1. The monoisotopic (exact) mass is 488 g/mol. The molecule has 0 saturated carbocycles. The molecular weight excluding hydrogens is 452 g/mol. The van der Waals surface area contributed by atoms with E-state index in [9.17, 15) is 9.59 Å². The van der Waals surface area contributed by atoms with E-state index in [1.807, 2.05) is 78.9 Å². The number of unbranched alkanes of at least 4 members (excludes halogenated alkanes) is 1. The molecule has 3 aromatic carbocycles. The number of ketones is 1. The molecule has 0 radical (unpaired) electrons. The maximum atomic E-state index is 13.4. The molecule has 7 heteroatoms. The number of rotatable bonds is 14. The Morgan fingerprint density at radius 2 is 1.42 bits per heavy atom. The molecule has 190 valence electrons. The molecule has 0 fully saturated rings. The number of amides is 1. The standard InChI is InChI=1S/C29H36N4O3/c1-2-3-19-25(31)26(34)21-33(32-29(35)27(20-30)36-24-17-11-6-12-18-24)28(22-13-7-4-8-14-22)23-15-9-5-10-16-23/h4-18,25,27-28H,2-3,19-21,30-31H2,1H3,(H,32,35)/t25-,27?/m0/s1. The molecule has 0 aliphatic heterocycles. The van der Waals surface area contributed by atoms with Crippen LogP contribution in [-0.4, -0.2) is 41.9 Å². The largest absolute Gasteiger partial charge is 0.479 e. The summed E-state index contributed by atoms with van der Waals surface area (Å²) in [5.74, 6) is -0.0444. The molecule has 36 heavy (non-hydrogen) atoms. The third-order valence-corrected chi connectivity index (χ3v) is 5.93. The molecule has 0 aromatic heterocycles. The van der Waals surface area contributed by atoms with Gasteiger partial charge in [-0.15, -0.1) is 0 Å². The van der Waals surface area contributed by atoms with Crippen LogP contribution in [-0.2, 0) is 9.59 Å². The first-order valence-corrected chi connectivity index (χ1v) is 12.4. The molecule has 0 aliphatic carbocycles. The Morgan fingerprint density at radius 3 is 1.92 bits per heavy atom. The third-order valence-electron chi connectivity index (χ3n) is 5.93. The molecule has 5 N–H and O–H groups in total. The van der Waals surface area contributed by atoms with Gasteiger partial charge in [-0.05, 0) is 29.7 Å². The zero-order chi connectivity index (χ0) is 25.8. The second-order valence-corrected chi connectivity index (χ2v) is 8.70. The Morgan fingerprint density at radius 1 is 0.889 bits per heavy atom. The average Bonchev–Trinajstić information content (AvgIpc) is 2.92. The van der Waals surface area contributed by atoms with Crippen LogP contribution in [0.25, 0.3) is 0 Å². The molecule has 1 amide bonds. The Kier molecular flexibility index (Phi) is 10.6. The molecule has 3 rings (SSSR count). The first-order chi connectivity index (χ1) is 17.5. The van der Waals surface area contributed by atoms with Crippen LogP contribution in [0.4, 0.5) is 0 Å². The minimum atomic E-state index is -0.939. The third kappa shape index (κ3) is 7.75. The van der Waals surface area contributed by atoms with Gasteiger partial charge in [0.25, 0.3) is 5.91 Å². The Balaban J connectivity index is 1.92. The molecule has 0 heterocycles. The number of carbonyl (C=O) groups is 2. The summed E-state index contributed by atoms with van der Waals surface area (Å²) < 4.78 is 5.85. The summed E-state index contributed by atoms with van der Waals surface area (Å²) in [6.07, 6.45) is 1.47. The van der Waals surface area contributed by atoms with Crippen LogP contribution in [0.1, 0.15) is 43.4 Å². The van der Waals surface area contributed by atoms with Crippen molar-refractivity contribution in [2.75, 3.05) is 13.1 Å². The highest BCUT2D eigenvalue weighted by atomic mass is 16.5. The summed E-state index contributed by atoms with van der Waals surface area (Å²) in [5, 5.41) is 1.65. The smallest absolute Gasteiger partial charge is 0.276 e. The molecule has 0 saturated heterocycles. The molecule has 2 atom stereocenters. The van der Waals surface area contributed by atoms with Gasteiger partial charge in [0.1, 0.15) is 5.75 Å². The molecular formula is C29H36N4O3. The van der Waals surface area contributed by atoms with Crippen molar-refractivity contribution in [3.63, 3.8) is 0 Å². The first-order valence-electron chi connectivity index (χ1n) is 12.4. The fourth-order valence-corrected chi connectivity index (χ4v) is 3.97. The summed E-state index contributed by atoms with van der Waals surface area (Å²) in [4.78, 5) is 26.5. The van der Waals surface area contributed by atoms with Crippen LogP contribution >= 0.6 is 0 Å². The molecule has 0 bridgehead atoms. The molecule has 7 nitrogen and oxygen atoms in total. The first kappa shape index (κ1) is 27.1. The topological polar surface area (TPSA) is 111 Å². The number of Topliss-reactive ketones (excluding diaryl/α,β-unsaturated/α-hetero) is 1. The zero-order valence-corrected chi connectivity index (χ0v) is 20.8. The van der Waals surface area contributed by atoms with Crippen LogP contribution in [0.2, 0.25) is 0 Å². The second-order valence-electron chi connectivity index (χ2n) is 8.70. The van der Waals surface area contributed by atoms with Gasteiger partial charge in [-0.3, -0.25) is 15.0 Å². The van der Waals surface area contributed by atoms with E-state index < -0.39 is 24.1 Å². The van der Waals surface area contributed by atoms with Crippen molar-refractivity contribution in [3.8, 4) is 5.75 Å². The number of nitrogens with zero attached hydrogens (tertiary/aromatic N) is 1. The summed E-state index contributed by atoms with van der Waals surface area (Å²) in [5.41, 5.74) is 16.9. The maximum absolute atomic E-state index is 13.4. The van der Waals surface area contributed by atoms with Crippen LogP contribution in [0.5, 0.6) is 5.75 Å². The number of benzene rings is 3. The fraction of sp³-hybridized carbons (Fsp3) is 0.310. The lowest BCUT2D eigenvalue weighted by atomic mass is 9.97. The minimum Gasteiger partial charge on any atom is -0.479 e. The van der Waals surface area contributed by atoms with E-state index in [2.05, 4.69) is 12.3 Å². The highest BCUT2D eigenvalue weighted by molar-refractivity contribution is 5.86. The van der Waals surface area contributed by atoms with Crippen molar-refractivity contribution in [1.29, 1.82) is 0 Å².